The summed E-state index contributed by atoms with van der Waals surface area (Å²) in [6.07, 6.45) is 0.908. The molecule has 0 atom stereocenters. The van der Waals surface area contributed by atoms with Gasteiger partial charge in [0.2, 0.25) is 0 Å². The molecular formula is C14H13ClO2. The van der Waals surface area contributed by atoms with Gasteiger partial charge in [-0.1, -0.05) is 29.8 Å². The van der Waals surface area contributed by atoms with Crippen LogP contribution in [0.4, 0.5) is 0 Å². The minimum absolute atomic E-state index is 0.0826. The van der Waals surface area contributed by atoms with Crippen molar-refractivity contribution in [2.75, 3.05) is 0 Å². The Balaban J connectivity index is 2.56. The van der Waals surface area contributed by atoms with Gasteiger partial charge in [0, 0.05) is 10.9 Å². The fourth-order valence-electron chi connectivity index (χ4n) is 1.71. The van der Waals surface area contributed by atoms with Crippen LogP contribution >= 0.6 is 11.6 Å². The predicted octanol–water partition coefficient (Wildman–Crippen LogP) is 4.09. The van der Waals surface area contributed by atoms with Crippen molar-refractivity contribution in [1.82, 2.24) is 0 Å². The lowest BCUT2D eigenvalue weighted by Gasteiger charge is -2.12. The molecule has 0 aliphatic rings. The van der Waals surface area contributed by atoms with Crippen LogP contribution in [-0.4, -0.2) is 12.4 Å². The van der Waals surface area contributed by atoms with E-state index in [1.807, 2.05) is 38.1 Å². The van der Waals surface area contributed by atoms with Gasteiger partial charge >= 0.3 is 0 Å². The molecule has 2 aromatic rings. The van der Waals surface area contributed by atoms with Crippen molar-refractivity contribution in [3.05, 3.63) is 40.9 Å². The molecule has 2 nitrogen and oxygen atoms in total. The number of hydrogen-bond donors (Lipinski definition) is 0. The second-order valence-corrected chi connectivity index (χ2v) is 4.52. The van der Waals surface area contributed by atoms with Crippen molar-refractivity contribution < 1.29 is 9.53 Å². The summed E-state index contributed by atoms with van der Waals surface area (Å²) in [6.45, 7) is 3.91. The number of ether oxygens (including phenoxy) is 1. The van der Waals surface area contributed by atoms with E-state index in [0.717, 1.165) is 17.1 Å². The molecule has 3 heteroatoms. The number of benzene rings is 2. The highest BCUT2D eigenvalue weighted by atomic mass is 35.5. The largest absolute Gasteiger partial charge is 0.489 e. The molecule has 0 saturated heterocycles. The number of rotatable bonds is 3. The van der Waals surface area contributed by atoms with Crippen molar-refractivity contribution in [1.29, 1.82) is 0 Å². The van der Waals surface area contributed by atoms with E-state index in [9.17, 15) is 4.79 Å². The van der Waals surface area contributed by atoms with Crippen LogP contribution in [0.25, 0.3) is 10.8 Å². The van der Waals surface area contributed by atoms with Crippen molar-refractivity contribution in [2.45, 2.75) is 20.0 Å². The van der Waals surface area contributed by atoms with Crippen molar-refractivity contribution in [3.8, 4) is 5.75 Å². The maximum atomic E-state index is 10.7. The van der Waals surface area contributed by atoms with Crippen LogP contribution in [0.15, 0.2) is 30.3 Å². The highest BCUT2D eigenvalue weighted by Gasteiger charge is 2.08. The number of halogens is 1. The minimum Gasteiger partial charge on any atom is -0.489 e. The highest BCUT2D eigenvalue weighted by molar-refractivity contribution is 6.37. The molecular weight excluding hydrogens is 236 g/mol. The molecule has 0 heterocycles. The third-order valence-corrected chi connectivity index (χ3v) is 2.83. The molecule has 0 fully saturated rings. The summed E-state index contributed by atoms with van der Waals surface area (Å²) in [6, 6.07) is 9.15. The van der Waals surface area contributed by atoms with E-state index in [0.29, 0.717) is 16.3 Å². The van der Waals surface area contributed by atoms with Gasteiger partial charge in [-0.2, -0.15) is 0 Å². The summed E-state index contributed by atoms with van der Waals surface area (Å²) in [5.74, 6) is 0.674. The van der Waals surface area contributed by atoms with E-state index in [-0.39, 0.29) is 6.10 Å². The van der Waals surface area contributed by atoms with E-state index in [1.165, 1.54) is 0 Å². The summed E-state index contributed by atoms with van der Waals surface area (Å²) in [7, 11) is 0. The topological polar surface area (TPSA) is 26.3 Å². The first-order valence-electron chi connectivity index (χ1n) is 5.46. The summed E-state index contributed by atoms with van der Waals surface area (Å²) >= 11 is 6.27. The van der Waals surface area contributed by atoms with Gasteiger partial charge in [0.05, 0.1) is 11.1 Å². The van der Waals surface area contributed by atoms with Gasteiger partial charge in [0.1, 0.15) is 12.0 Å². The zero-order valence-electron chi connectivity index (χ0n) is 9.74. The number of fused-ring (bicyclic) bond motifs is 1. The number of carbonyl (C=O) groups excluding carboxylic acids is 1. The summed E-state index contributed by atoms with van der Waals surface area (Å²) < 4.78 is 5.61. The molecule has 88 valence electrons. The van der Waals surface area contributed by atoms with E-state index >= 15 is 0 Å². The van der Waals surface area contributed by atoms with Crippen molar-refractivity contribution in [2.24, 2.45) is 0 Å². The van der Waals surface area contributed by atoms with Crippen LogP contribution in [0.3, 0.4) is 0 Å². The third kappa shape index (κ3) is 2.42. The Hall–Kier alpha value is -1.54. The first-order valence-corrected chi connectivity index (χ1v) is 5.83. The summed E-state index contributed by atoms with van der Waals surface area (Å²) in [4.78, 5) is 10.7. The fraction of sp³-hybridized carbons (Fsp3) is 0.214. The van der Waals surface area contributed by atoms with E-state index < -0.39 is 0 Å². The van der Waals surface area contributed by atoms with Crippen LogP contribution in [0.1, 0.15) is 24.2 Å². The van der Waals surface area contributed by atoms with Crippen LogP contribution in [0.5, 0.6) is 5.75 Å². The molecule has 0 N–H and O–H groups in total. The van der Waals surface area contributed by atoms with Gasteiger partial charge in [-0.25, -0.2) is 0 Å². The lowest BCUT2D eigenvalue weighted by Crippen LogP contribution is -2.05. The molecule has 0 unspecified atom stereocenters. The normalized spacial score (nSPS) is 10.8. The molecule has 0 bridgehead atoms. The zero-order chi connectivity index (χ0) is 12.4. The van der Waals surface area contributed by atoms with Crippen LogP contribution in [-0.2, 0) is 0 Å². The molecule has 0 saturated carbocycles. The third-order valence-electron chi connectivity index (χ3n) is 2.44. The lowest BCUT2D eigenvalue weighted by molar-refractivity contribution is 0.112. The highest BCUT2D eigenvalue weighted by Crippen LogP contribution is 2.33. The molecule has 17 heavy (non-hydrogen) atoms. The second kappa shape index (κ2) is 4.76. The molecule has 0 amide bonds. The van der Waals surface area contributed by atoms with Gasteiger partial charge in [-0.15, -0.1) is 0 Å². The Labute approximate surface area is 105 Å². The predicted molar refractivity (Wildman–Crippen MR) is 70.1 cm³/mol. The molecule has 0 aliphatic heterocycles. The van der Waals surface area contributed by atoms with Gasteiger partial charge in [-0.05, 0) is 31.4 Å². The Morgan fingerprint density at radius 1 is 1.24 bits per heavy atom. The Bertz CT molecular complexity index is 561. The quantitative estimate of drug-likeness (QED) is 0.765. The first-order chi connectivity index (χ1) is 8.11. The molecule has 2 rings (SSSR count). The van der Waals surface area contributed by atoms with Crippen LogP contribution in [0.2, 0.25) is 5.02 Å². The first kappa shape index (κ1) is 11.9. The lowest BCUT2D eigenvalue weighted by atomic mass is 10.1. The Morgan fingerprint density at radius 3 is 2.65 bits per heavy atom. The van der Waals surface area contributed by atoms with Gasteiger partial charge < -0.3 is 4.74 Å². The van der Waals surface area contributed by atoms with E-state index in [4.69, 9.17) is 16.3 Å². The molecule has 0 aliphatic carbocycles. The van der Waals surface area contributed by atoms with Crippen molar-refractivity contribution >= 4 is 28.7 Å². The average Bonchev–Trinajstić information content (AvgIpc) is 2.32. The minimum atomic E-state index is 0.0826. The van der Waals surface area contributed by atoms with Crippen LogP contribution < -0.4 is 4.74 Å². The van der Waals surface area contributed by atoms with Gasteiger partial charge in [0.15, 0.2) is 0 Å². The van der Waals surface area contributed by atoms with Crippen LogP contribution in [0, 0.1) is 0 Å². The standard InChI is InChI=1S/C14H13ClO2/c1-9(2)17-13-6-4-11-7-10(8-16)3-5-12(11)14(13)15/h3-9H,1-2H3. The maximum absolute atomic E-state index is 10.7. The van der Waals surface area contributed by atoms with E-state index in [1.54, 1.807) is 6.07 Å². The monoisotopic (exact) mass is 248 g/mol. The SMILES string of the molecule is CC(C)Oc1ccc2cc(C=O)ccc2c1Cl. The molecule has 0 spiro atoms. The molecule has 2 aromatic carbocycles. The number of aldehydes is 1. The Kier molecular flexibility index (Phi) is 3.34. The fourth-order valence-corrected chi connectivity index (χ4v) is 1.99. The smallest absolute Gasteiger partial charge is 0.150 e. The molecule has 0 radical (unpaired) electrons. The van der Waals surface area contributed by atoms with Gasteiger partial charge in [0.25, 0.3) is 0 Å². The van der Waals surface area contributed by atoms with E-state index in [2.05, 4.69) is 0 Å². The maximum Gasteiger partial charge on any atom is 0.150 e. The van der Waals surface area contributed by atoms with Gasteiger partial charge in [-0.3, -0.25) is 4.79 Å². The molecule has 0 aromatic heterocycles. The summed E-state index contributed by atoms with van der Waals surface area (Å²) in [5.41, 5.74) is 0.645. The number of carbonyl (C=O) groups is 1. The second-order valence-electron chi connectivity index (χ2n) is 4.14. The zero-order valence-corrected chi connectivity index (χ0v) is 10.5. The average molecular weight is 249 g/mol. The Morgan fingerprint density at radius 2 is 2.00 bits per heavy atom. The van der Waals surface area contributed by atoms with Crippen molar-refractivity contribution in [3.63, 3.8) is 0 Å². The number of hydrogen-bond acceptors (Lipinski definition) is 2. The summed E-state index contributed by atoms with van der Waals surface area (Å²) in [5, 5.41) is 2.43.